The zero-order chi connectivity index (χ0) is 20.0. The van der Waals surface area contributed by atoms with Gasteiger partial charge in [-0.2, -0.15) is 0 Å². The topological polar surface area (TPSA) is 90.7 Å². The maximum Gasteiger partial charge on any atom is 0.407 e. The molecule has 0 bridgehead atoms. The molecule has 1 N–H and O–H groups in total. The van der Waals surface area contributed by atoms with Crippen LogP contribution in [-0.2, 0) is 22.3 Å². The van der Waals surface area contributed by atoms with Crippen molar-refractivity contribution in [3.63, 3.8) is 0 Å². The van der Waals surface area contributed by atoms with E-state index in [-0.39, 0.29) is 23.8 Å². The number of ether oxygens (including phenoxy) is 2. The van der Waals surface area contributed by atoms with Crippen LogP contribution in [-0.4, -0.2) is 35.8 Å². The van der Waals surface area contributed by atoms with E-state index < -0.39 is 23.7 Å². The number of carbonyl (C=O) groups is 2. The Labute approximate surface area is 156 Å². The van der Waals surface area contributed by atoms with Gasteiger partial charge in [0.05, 0.1) is 7.11 Å². The Balaban J connectivity index is 2.12. The van der Waals surface area contributed by atoms with E-state index in [0.717, 1.165) is 5.56 Å². The van der Waals surface area contributed by atoms with Crippen LogP contribution in [0.5, 0.6) is 0 Å². The summed E-state index contributed by atoms with van der Waals surface area (Å²) in [7, 11) is 1.25. The summed E-state index contributed by atoms with van der Waals surface area (Å²) in [6.45, 7) is 5.29. The van der Waals surface area contributed by atoms with Gasteiger partial charge in [0.25, 0.3) is 0 Å². The first-order valence-corrected chi connectivity index (χ1v) is 8.43. The van der Waals surface area contributed by atoms with Crippen molar-refractivity contribution >= 4 is 12.1 Å². The van der Waals surface area contributed by atoms with Crippen molar-refractivity contribution in [3.05, 3.63) is 53.5 Å². The molecule has 0 saturated heterocycles. The molecule has 0 saturated carbocycles. The monoisotopic (exact) mass is 378 g/mol. The fourth-order valence-electron chi connectivity index (χ4n) is 2.37. The van der Waals surface area contributed by atoms with Gasteiger partial charge >= 0.3 is 12.1 Å². The second kappa shape index (κ2) is 8.66. The standard InChI is InChI=1S/C19H23FN2O5/c1-19(2,3)27-18(24)21-14(9-12-5-7-13(20)8-6-12)10-16-22-15(11-26-16)17(23)25-4/h5-8,11,14H,9-10H2,1-4H3,(H,21,24)/t14-/m0/s1. The van der Waals surface area contributed by atoms with Crippen LogP contribution >= 0.6 is 0 Å². The molecule has 0 unspecified atom stereocenters. The zero-order valence-corrected chi connectivity index (χ0v) is 15.7. The van der Waals surface area contributed by atoms with Crippen molar-refractivity contribution < 1.29 is 27.9 Å². The molecule has 2 aromatic rings. The number of oxazole rings is 1. The molecule has 0 fully saturated rings. The SMILES string of the molecule is COC(=O)c1coc(C[C@H](Cc2ccc(F)cc2)NC(=O)OC(C)(C)C)n1. The van der Waals surface area contributed by atoms with Gasteiger partial charge < -0.3 is 19.2 Å². The van der Waals surface area contributed by atoms with Crippen LogP contribution < -0.4 is 5.32 Å². The van der Waals surface area contributed by atoms with Gasteiger partial charge in [0.1, 0.15) is 17.7 Å². The van der Waals surface area contributed by atoms with E-state index in [0.29, 0.717) is 6.42 Å². The zero-order valence-electron chi connectivity index (χ0n) is 15.7. The molecular weight excluding hydrogens is 355 g/mol. The van der Waals surface area contributed by atoms with Gasteiger partial charge in [-0.3, -0.25) is 0 Å². The molecule has 1 heterocycles. The van der Waals surface area contributed by atoms with Crippen molar-refractivity contribution in [3.8, 4) is 0 Å². The molecule has 0 spiro atoms. The van der Waals surface area contributed by atoms with Gasteiger partial charge in [-0.15, -0.1) is 0 Å². The van der Waals surface area contributed by atoms with E-state index in [2.05, 4.69) is 15.0 Å². The Bertz CT molecular complexity index is 780. The van der Waals surface area contributed by atoms with E-state index in [9.17, 15) is 14.0 Å². The molecule has 1 aromatic heterocycles. The smallest absolute Gasteiger partial charge is 0.407 e. The number of methoxy groups -OCH3 is 1. The highest BCUT2D eigenvalue weighted by molar-refractivity contribution is 5.86. The number of hydrogen-bond acceptors (Lipinski definition) is 6. The molecule has 7 nitrogen and oxygen atoms in total. The maximum atomic E-state index is 13.1. The third-order valence-electron chi connectivity index (χ3n) is 3.48. The second-order valence-electron chi connectivity index (χ2n) is 7.00. The predicted octanol–water partition coefficient (Wildman–Crippen LogP) is 3.28. The normalized spacial score (nSPS) is 12.3. The molecule has 2 rings (SSSR count). The van der Waals surface area contributed by atoms with E-state index in [1.165, 1.54) is 25.5 Å². The van der Waals surface area contributed by atoms with Crippen molar-refractivity contribution in [2.75, 3.05) is 7.11 Å². The molecule has 0 aliphatic heterocycles. The molecule has 1 atom stereocenters. The molecule has 1 aromatic carbocycles. The summed E-state index contributed by atoms with van der Waals surface area (Å²) in [6, 6.07) is 5.53. The Morgan fingerprint density at radius 3 is 2.48 bits per heavy atom. The van der Waals surface area contributed by atoms with Crippen LogP contribution in [0.3, 0.4) is 0 Å². The second-order valence-corrected chi connectivity index (χ2v) is 7.00. The van der Waals surface area contributed by atoms with Crippen LogP contribution in [0.4, 0.5) is 9.18 Å². The van der Waals surface area contributed by atoms with Gasteiger partial charge in [-0.1, -0.05) is 12.1 Å². The summed E-state index contributed by atoms with van der Waals surface area (Å²) in [5.74, 6) is -0.690. The average molecular weight is 378 g/mol. The number of benzene rings is 1. The van der Waals surface area contributed by atoms with Crippen LogP contribution in [0.15, 0.2) is 34.9 Å². The molecule has 0 aliphatic rings. The lowest BCUT2D eigenvalue weighted by molar-refractivity contribution is 0.0501. The molecule has 8 heteroatoms. The van der Waals surface area contributed by atoms with Gasteiger partial charge in [0.2, 0.25) is 0 Å². The number of halogens is 1. The number of esters is 1. The van der Waals surface area contributed by atoms with E-state index in [1.807, 2.05) is 0 Å². The Hall–Kier alpha value is -2.90. The number of nitrogens with one attached hydrogen (secondary N) is 1. The molecule has 1 amide bonds. The van der Waals surface area contributed by atoms with Crippen molar-refractivity contribution in [2.24, 2.45) is 0 Å². The summed E-state index contributed by atoms with van der Waals surface area (Å²) >= 11 is 0. The predicted molar refractivity (Wildman–Crippen MR) is 94.8 cm³/mol. The number of aromatic nitrogens is 1. The van der Waals surface area contributed by atoms with E-state index in [4.69, 9.17) is 9.15 Å². The third kappa shape index (κ3) is 6.73. The first-order chi connectivity index (χ1) is 12.7. The number of alkyl carbamates (subject to hydrolysis) is 1. The van der Waals surface area contributed by atoms with Gasteiger partial charge in [-0.05, 0) is 44.9 Å². The first kappa shape index (κ1) is 20.4. The van der Waals surface area contributed by atoms with E-state index in [1.54, 1.807) is 32.9 Å². The first-order valence-electron chi connectivity index (χ1n) is 8.43. The Kier molecular flexibility index (Phi) is 6.55. The number of rotatable bonds is 6. The lowest BCUT2D eigenvalue weighted by Gasteiger charge is -2.23. The lowest BCUT2D eigenvalue weighted by Crippen LogP contribution is -2.41. The molecule has 0 aliphatic carbocycles. The Morgan fingerprint density at radius 2 is 1.89 bits per heavy atom. The summed E-state index contributed by atoms with van der Waals surface area (Å²) in [5.41, 5.74) is 0.216. The summed E-state index contributed by atoms with van der Waals surface area (Å²) < 4.78 is 28.3. The van der Waals surface area contributed by atoms with Crippen LogP contribution in [0, 0.1) is 5.82 Å². The van der Waals surface area contributed by atoms with Gasteiger partial charge in [0.15, 0.2) is 11.6 Å². The Morgan fingerprint density at radius 1 is 1.22 bits per heavy atom. The van der Waals surface area contributed by atoms with Crippen LogP contribution in [0.1, 0.15) is 42.7 Å². The van der Waals surface area contributed by atoms with Gasteiger partial charge in [0, 0.05) is 12.5 Å². The van der Waals surface area contributed by atoms with E-state index >= 15 is 0 Å². The average Bonchev–Trinajstić information content (AvgIpc) is 3.03. The number of amides is 1. The van der Waals surface area contributed by atoms with Crippen LogP contribution in [0.25, 0.3) is 0 Å². The quantitative estimate of drug-likeness (QED) is 0.776. The minimum atomic E-state index is -0.647. The van der Waals surface area contributed by atoms with Crippen molar-refractivity contribution in [1.29, 1.82) is 0 Å². The largest absolute Gasteiger partial charge is 0.464 e. The highest BCUT2D eigenvalue weighted by atomic mass is 19.1. The van der Waals surface area contributed by atoms with Crippen molar-refractivity contribution in [2.45, 2.75) is 45.3 Å². The number of hydrogen-bond donors (Lipinski definition) is 1. The molecular formula is C19H23FN2O5. The summed E-state index contributed by atoms with van der Waals surface area (Å²) in [4.78, 5) is 27.7. The summed E-state index contributed by atoms with van der Waals surface area (Å²) in [6.07, 6.45) is 1.22. The number of carbonyl (C=O) groups excluding carboxylic acids is 2. The van der Waals surface area contributed by atoms with Crippen LogP contribution in [0.2, 0.25) is 0 Å². The highest BCUT2D eigenvalue weighted by Crippen LogP contribution is 2.13. The minimum absolute atomic E-state index is 0.0466. The highest BCUT2D eigenvalue weighted by Gasteiger charge is 2.22. The lowest BCUT2D eigenvalue weighted by atomic mass is 10.0. The van der Waals surface area contributed by atoms with Gasteiger partial charge in [-0.25, -0.2) is 19.0 Å². The fourth-order valence-corrected chi connectivity index (χ4v) is 2.37. The molecule has 146 valence electrons. The maximum absolute atomic E-state index is 13.1. The molecule has 0 radical (unpaired) electrons. The number of nitrogens with zero attached hydrogens (tertiary/aromatic N) is 1. The molecule has 27 heavy (non-hydrogen) atoms. The fraction of sp³-hybridized carbons (Fsp3) is 0.421. The van der Waals surface area contributed by atoms with Crippen molar-refractivity contribution in [1.82, 2.24) is 10.3 Å². The summed E-state index contributed by atoms with van der Waals surface area (Å²) in [5, 5.41) is 2.77. The minimum Gasteiger partial charge on any atom is -0.464 e. The third-order valence-corrected chi connectivity index (χ3v) is 3.48.